The molecule has 2 saturated heterocycles. The van der Waals surface area contributed by atoms with Crippen LogP contribution in [0, 0.1) is 6.92 Å². The molecule has 2 aliphatic heterocycles. The summed E-state index contributed by atoms with van der Waals surface area (Å²) in [5, 5.41) is 0. The van der Waals surface area contributed by atoms with Gasteiger partial charge in [-0.2, -0.15) is 0 Å². The van der Waals surface area contributed by atoms with Gasteiger partial charge in [0, 0.05) is 51.5 Å². The van der Waals surface area contributed by atoms with E-state index in [1.54, 1.807) is 0 Å². The van der Waals surface area contributed by atoms with Crippen molar-refractivity contribution in [2.75, 3.05) is 70.5 Å². The fourth-order valence-corrected chi connectivity index (χ4v) is 3.59. The molecule has 2 fully saturated rings. The number of benzene rings is 1. The Hall–Kier alpha value is -1.06. The molecule has 1 aromatic rings. The number of aliphatic imine (C=N–C) groups is 1. The van der Waals surface area contributed by atoms with Crippen molar-refractivity contribution in [3.05, 3.63) is 29.8 Å². The number of nitrogens with zero attached hydrogens (tertiary/aromatic N) is 4. The van der Waals surface area contributed by atoms with Crippen molar-refractivity contribution in [3.8, 4) is 0 Å². The number of ether oxygens (including phenoxy) is 1. The average molecular weight is 487 g/mol. The molecule has 2 N–H and O–H groups in total. The van der Waals surface area contributed by atoms with Crippen LogP contribution in [0.15, 0.2) is 29.3 Å². The summed E-state index contributed by atoms with van der Waals surface area (Å²) < 4.78 is 5.34. The fraction of sp³-hybridized carbons (Fsp3) is 0.650. The zero-order valence-electron chi connectivity index (χ0n) is 16.5. The fourth-order valence-electron chi connectivity index (χ4n) is 3.59. The van der Waals surface area contributed by atoms with E-state index in [9.17, 15) is 0 Å². The SMILES string of the molecule is Cc1cccc(N2CCN(CCCCN=C(N)N3CCOCC3)CC2)c1.I. The maximum atomic E-state index is 6.06. The summed E-state index contributed by atoms with van der Waals surface area (Å²) in [6, 6.07) is 8.82. The van der Waals surface area contributed by atoms with Gasteiger partial charge in [-0.25, -0.2) is 0 Å². The number of nitrogens with two attached hydrogens (primary N) is 1. The summed E-state index contributed by atoms with van der Waals surface area (Å²) >= 11 is 0. The van der Waals surface area contributed by atoms with Crippen molar-refractivity contribution in [1.29, 1.82) is 0 Å². The molecule has 2 heterocycles. The number of aryl methyl sites for hydroxylation is 1. The number of hydrogen-bond acceptors (Lipinski definition) is 4. The first-order valence-electron chi connectivity index (χ1n) is 9.89. The van der Waals surface area contributed by atoms with Crippen molar-refractivity contribution in [3.63, 3.8) is 0 Å². The number of rotatable bonds is 6. The predicted molar refractivity (Wildman–Crippen MR) is 123 cm³/mol. The second-order valence-electron chi connectivity index (χ2n) is 7.21. The lowest BCUT2D eigenvalue weighted by Crippen LogP contribution is -2.46. The standard InChI is InChI=1S/C20H33N5O.HI/c1-18-5-4-6-19(17-18)24-11-9-23(10-12-24)8-3-2-7-22-20(21)25-13-15-26-16-14-25;/h4-6,17H,2-3,7-16H2,1H3,(H2,21,22);1H. The highest BCUT2D eigenvalue weighted by Gasteiger charge is 2.16. The number of guanidine groups is 1. The van der Waals surface area contributed by atoms with Gasteiger partial charge in [-0.3, -0.25) is 9.89 Å². The maximum Gasteiger partial charge on any atom is 0.191 e. The quantitative estimate of drug-likeness (QED) is 0.289. The van der Waals surface area contributed by atoms with Crippen LogP contribution in [-0.2, 0) is 4.74 Å². The predicted octanol–water partition coefficient (Wildman–Crippen LogP) is 2.16. The third-order valence-electron chi connectivity index (χ3n) is 5.23. The largest absolute Gasteiger partial charge is 0.378 e. The Labute approximate surface area is 180 Å². The second kappa shape index (κ2) is 11.7. The van der Waals surface area contributed by atoms with Gasteiger partial charge in [0.05, 0.1) is 13.2 Å². The molecule has 0 aromatic heterocycles. The summed E-state index contributed by atoms with van der Waals surface area (Å²) in [4.78, 5) is 11.7. The van der Waals surface area contributed by atoms with Gasteiger partial charge in [0.2, 0.25) is 0 Å². The summed E-state index contributed by atoms with van der Waals surface area (Å²) in [7, 11) is 0. The molecule has 152 valence electrons. The van der Waals surface area contributed by atoms with Gasteiger partial charge < -0.3 is 20.3 Å². The van der Waals surface area contributed by atoms with E-state index in [0.29, 0.717) is 5.96 Å². The number of morpholine rings is 1. The molecule has 27 heavy (non-hydrogen) atoms. The Morgan fingerprint density at radius 3 is 2.52 bits per heavy atom. The lowest BCUT2D eigenvalue weighted by molar-refractivity contribution is 0.0674. The minimum absolute atomic E-state index is 0. The molecule has 2 aliphatic rings. The molecule has 0 amide bonds. The number of hydrogen-bond donors (Lipinski definition) is 1. The van der Waals surface area contributed by atoms with Crippen LogP contribution >= 0.6 is 24.0 Å². The van der Waals surface area contributed by atoms with Crippen LogP contribution in [0.3, 0.4) is 0 Å². The first-order valence-corrected chi connectivity index (χ1v) is 9.89. The Bertz CT molecular complexity index is 583. The first-order chi connectivity index (χ1) is 12.7. The molecule has 0 unspecified atom stereocenters. The molecular formula is C20H34IN5O. The van der Waals surface area contributed by atoms with Gasteiger partial charge in [-0.05, 0) is 44.0 Å². The number of unbranched alkanes of at least 4 members (excludes halogenated alkanes) is 1. The zero-order valence-corrected chi connectivity index (χ0v) is 18.8. The van der Waals surface area contributed by atoms with Gasteiger partial charge in [-0.1, -0.05) is 12.1 Å². The van der Waals surface area contributed by atoms with Crippen LogP contribution in [0.2, 0.25) is 0 Å². The third-order valence-corrected chi connectivity index (χ3v) is 5.23. The summed E-state index contributed by atoms with van der Waals surface area (Å²) in [6.45, 7) is 11.9. The molecular weight excluding hydrogens is 453 g/mol. The zero-order chi connectivity index (χ0) is 18.2. The highest BCUT2D eigenvalue weighted by atomic mass is 127. The van der Waals surface area contributed by atoms with Crippen molar-refractivity contribution >= 4 is 35.6 Å². The van der Waals surface area contributed by atoms with Gasteiger partial charge in [0.25, 0.3) is 0 Å². The van der Waals surface area contributed by atoms with Crippen LogP contribution in [-0.4, -0.2) is 81.3 Å². The minimum Gasteiger partial charge on any atom is -0.378 e. The Kier molecular flexibility index (Phi) is 9.64. The summed E-state index contributed by atoms with van der Waals surface area (Å²) in [5.74, 6) is 0.681. The molecule has 0 aliphatic carbocycles. The summed E-state index contributed by atoms with van der Waals surface area (Å²) in [6.07, 6.45) is 2.29. The monoisotopic (exact) mass is 487 g/mol. The van der Waals surface area contributed by atoms with E-state index in [-0.39, 0.29) is 24.0 Å². The van der Waals surface area contributed by atoms with Crippen LogP contribution in [0.1, 0.15) is 18.4 Å². The van der Waals surface area contributed by atoms with Crippen LogP contribution < -0.4 is 10.6 Å². The Morgan fingerprint density at radius 2 is 1.81 bits per heavy atom. The van der Waals surface area contributed by atoms with Crippen LogP contribution in [0.5, 0.6) is 0 Å². The van der Waals surface area contributed by atoms with Gasteiger partial charge in [0.15, 0.2) is 5.96 Å². The lowest BCUT2D eigenvalue weighted by atomic mass is 10.2. The molecule has 6 nitrogen and oxygen atoms in total. The van der Waals surface area contributed by atoms with Gasteiger partial charge in [-0.15, -0.1) is 24.0 Å². The first kappa shape index (κ1) is 22.2. The third kappa shape index (κ3) is 7.12. The molecule has 0 spiro atoms. The topological polar surface area (TPSA) is 57.3 Å². The highest BCUT2D eigenvalue weighted by Crippen LogP contribution is 2.17. The highest BCUT2D eigenvalue weighted by molar-refractivity contribution is 14.0. The molecule has 0 atom stereocenters. The molecule has 1 aromatic carbocycles. The number of anilines is 1. The van der Waals surface area contributed by atoms with Crippen LogP contribution in [0.4, 0.5) is 5.69 Å². The van der Waals surface area contributed by atoms with E-state index in [0.717, 1.165) is 72.0 Å². The minimum atomic E-state index is 0. The van der Waals surface area contributed by atoms with E-state index in [1.165, 1.54) is 17.7 Å². The smallest absolute Gasteiger partial charge is 0.191 e. The van der Waals surface area contributed by atoms with E-state index in [2.05, 4.69) is 50.9 Å². The number of halogens is 1. The van der Waals surface area contributed by atoms with E-state index in [1.807, 2.05) is 0 Å². The lowest BCUT2D eigenvalue weighted by Gasteiger charge is -2.36. The molecule has 3 rings (SSSR count). The molecule has 0 saturated carbocycles. The second-order valence-corrected chi connectivity index (χ2v) is 7.21. The molecule has 7 heteroatoms. The number of piperazine rings is 1. The van der Waals surface area contributed by atoms with E-state index < -0.39 is 0 Å². The van der Waals surface area contributed by atoms with Gasteiger partial charge in [0.1, 0.15) is 0 Å². The van der Waals surface area contributed by atoms with E-state index >= 15 is 0 Å². The molecule has 0 bridgehead atoms. The Morgan fingerprint density at radius 1 is 1.07 bits per heavy atom. The van der Waals surface area contributed by atoms with Crippen molar-refractivity contribution in [2.24, 2.45) is 10.7 Å². The van der Waals surface area contributed by atoms with Crippen molar-refractivity contribution in [2.45, 2.75) is 19.8 Å². The van der Waals surface area contributed by atoms with E-state index in [4.69, 9.17) is 10.5 Å². The van der Waals surface area contributed by atoms with Crippen molar-refractivity contribution in [1.82, 2.24) is 9.80 Å². The summed E-state index contributed by atoms with van der Waals surface area (Å²) in [5.41, 5.74) is 8.75. The maximum absolute atomic E-state index is 6.06. The van der Waals surface area contributed by atoms with Crippen molar-refractivity contribution < 1.29 is 4.74 Å². The normalized spacial score (nSPS) is 19.1. The average Bonchev–Trinajstić information content (AvgIpc) is 2.69. The Balaban J connectivity index is 0.00000261. The van der Waals surface area contributed by atoms with Crippen LogP contribution in [0.25, 0.3) is 0 Å². The van der Waals surface area contributed by atoms with Gasteiger partial charge >= 0.3 is 0 Å². The molecule has 0 radical (unpaired) electrons.